The predicted octanol–water partition coefficient (Wildman–Crippen LogP) is 2.31. The molecule has 0 aliphatic carbocycles. The van der Waals surface area contributed by atoms with Crippen LogP contribution in [0.4, 0.5) is 5.69 Å². The summed E-state index contributed by atoms with van der Waals surface area (Å²) in [7, 11) is 1.72. The molecule has 3 rings (SSSR count). The third-order valence-corrected chi connectivity index (χ3v) is 4.30. The number of rotatable bonds is 6. The Morgan fingerprint density at radius 2 is 1.89 bits per heavy atom. The van der Waals surface area contributed by atoms with Crippen LogP contribution in [0, 0.1) is 0 Å². The van der Waals surface area contributed by atoms with Crippen molar-refractivity contribution >= 4 is 23.5 Å². The van der Waals surface area contributed by atoms with Gasteiger partial charge in [-0.05, 0) is 47.9 Å². The zero-order chi connectivity index (χ0) is 19.4. The van der Waals surface area contributed by atoms with E-state index in [4.69, 9.17) is 9.84 Å². The van der Waals surface area contributed by atoms with Crippen LogP contribution in [-0.4, -0.2) is 41.4 Å². The molecule has 2 amide bonds. The molecular formula is C20H20N2O5. The Hall–Kier alpha value is -3.35. The predicted molar refractivity (Wildman–Crippen MR) is 98.8 cm³/mol. The highest BCUT2D eigenvalue weighted by atomic mass is 16.5. The molecule has 140 valence electrons. The van der Waals surface area contributed by atoms with Gasteiger partial charge in [-0.2, -0.15) is 0 Å². The van der Waals surface area contributed by atoms with E-state index in [0.717, 1.165) is 16.8 Å². The number of carbonyl (C=O) groups excluding carboxylic acids is 2. The Kier molecular flexibility index (Phi) is 5.40. The highest BCUT2D eigenvalue weighted by Crippen LogP contribution is 2.24. The molecule has 2 N–H and O–H groups in total. The lowest BCUT2D eigenvalue weighted by molar-refractivity contribution is -0.139. The van der Waals surface area contributed by atoms with Gasteiger partial charge in [-0.15, -0.1) is 0 Å². The molecule has 1 aliphatic heterocycles. The maximum atomic E-state index is 12.7. The van der Waals surface area contributed by atoms with Gasteiger partial charge < -0.3 is 20.1 Å². The first-order valence-electron chi connectivity index (χ1n) is 8.54. The third kappa shape index (κ3) is 4.63. The number of aliphatic carboxylic acids is 1. The Morgan fingerprint density at radius 1 is 1.15 bits per heavy atom. The lowest BCUT2D eigenvalue weighted by Gasteiger charge is -2.20. The second-order valence-corrected chi connectivity index (χ2v) is 6.41. The Labute approximate surface area is 156 Å². The Bertz CT molecular complexity index is 876. The molecule has 1 heterocycles. The van der Waals surface area contributed by atoms with E-state index in [0.29, 0.717) is 30.7 Å². The zero-order valence-corrected chi connectivity index (χ0v) is 14.9. The number of carboxylic acid groups (broad SMARTS) is 1. The molecule has 2 aromatic rings. The van der Waals surface area contributed by atoms with Crippen molar-refractivity contribution in [3.8, 4) is 5.75 Å². The third-order valence-electron chi connectivity index (χ3n) is 4.30. The van der Waals surface area contributed by atoms with Crippen LogP contribution in [0.5, 0.6) is 5.75 Å². The molecule has 0 saturated heterocycles. The Morgan fingerprint density at radius 3 is 2.59 bits per heavy atom. The van der Waals surface area contributed by atoms with Gasteiger partial charge in [0.1, 0.15) is 5.75 Å². The smallest absolute Gasteiger partial charge is 0.341 e. The normalized spacial score (nSPS) is 12.7. The van der Waals surface area contributed by atoms with E-state index in [2.05, 4.69) is 5.32 Å². The maximum Gasteiger partial charge on any atom is 0.341 e. The molecule has 0 aromatic heterocycles. The maximum absolute atomic E-state index is 12.7. The lowest BCUT2D eigenvalue weighted by Crippen LogP contribution is -2.27. The van der Waals surface area contributed by atoms with Gasteiger partial charge in [0.2, 0.25) is 5.91 Å². The number of carboxylic acids is 1. The average molecular weight is 368 g/mol. The van der Waals surface area contributed by atoms with Gasteiger partial charge in [-0.1, -0.05) is 12.1 Å². The van der Waals surface area contributed by atoms with Crippen LogP contribution in [0.2, 0.25) is 0 Å². The van der Waals surface area contributed by atoms with Crippen LogP contribution in [0.15, 0.2) is 42.5 Å². The zero-order valence-electron chi connectivity index (χ0n) is 14.9. The number of nitrogens with one attached hydrogen (secondary N) is 1. The van der Waals surface area contributed by atoms with E-state index in [1.165, 1.54) is 0 Å². The van der Waals surface area contributed by atoms with Crippen molar-refractivity contribution in [2.75, 3.05) is 19.0 Å². The Balaban J connectivity index is 1.64. The summed E-state index contributed by atoms with van der Waals surface area (Å²) in [6.07, 6.45) is 1.06. The van der Waals surface area contributed by atoms with Crippen LogP contribution < -0.4 is 10.1 Å². The summed E-state index contributed by atoms with van der Waals surface area (Å²) in [5, 5.41) is 11.4. The highest BCUT2D eigenvalue weighted by Gasteiger charge is 2.18. The van der Waals surface area contributed by atoms with Crippen LogP contribution >= 0.6 is 0 Å². The molecule has 2 aromatic carbocycles. The number of hydrogen-bond donors (Lipinski definition) is 2. The minimum atomic E-state index is -1.03. The van der Waals surface area contributed by atoms with Crippen molar-refractivity contribution in [2.24, 2.45) is 0 Å². The van der Waals surface area contributed by atoms with Crippen molar-refractivity contribution < 1.29 is 24.2 Å². The van der Waals surface area contributed by atoms with Crippen molar-refractivity contribution in [1.29, 1.82) is 0 Å². The fourth-order valence-electron chi connectivity index (χ4n) is 2.92. The number of carbonyl (C=O) groups is 3. The molecular weight excluding hydrogens is 348 g/mol. The van der Waals surface area contributed by atoms with E-state index in [-0.39, 0.29) is 11.8 Å². The monoisotopic (exact) mass is 368 g/mol. The quantitative estimate of drug-likeness (QED) is 0.816. The van der Waals surface area contributed by atoms with Gasteiger partial charge in [-0.25, -0.2) is 4.79 Å². The van der Waals surface area contributed by atoms with Gasteiger partial charge in [0.05, 0.1) is 0 Å². The summed E-state index contributed by atoms with van der Waals surface area (Å²) in [5.74, 6) is -0.684. The standard InChI is InChI=1S/C20H20N2O5/c1-22(11-13-2-6-16(7-3-13)27-12-19(24)25)20(26)15-4-8-17-14(10-15)5-9-18(23)21-17/h2-4,6-8,10H,5,9,11-12H2,1H3,(H,21,23)(H,24,25). The number of anilines is 1. The van der Waals surface area contributed by atoms with E-state index in [1.54, 1.807) is 48.3 Å². The van der Waals surface area contributed by atoms with Gasteiger partial charge in [0.15, 0.2) is 6.61 Å². The minimum Gasteiger partial charge on any atom is -0.482 e. The molecule has 0 unspecified atom stereocenters. The highest BCUT2D eigenvalue weighted by molar-refractivity contribution is 5.97. The van der Waals surface area contributed by atoms with E-state index < -0.39 is 12.6 Å². The SMILES string of the molecule is CN(Cc1ccc(OCC(=O)O)cc1)C(=O)c1ccc2c(c1)CCC(=O)N2. The van der Waals surface area contributed by atoms with Crippen LogP contribution in [-0.2, 0) is 22.6 Å². The van der Waals surface area contributed by atoms with Crippen molar-refractivity contribution in [2.45, 2.75) is 19.4 Å². The summed E-state index contributed by atoms with van der Waals surface area (Å²) >= 11 is 0. The summed E-state index contributed by atoms with van der Waals surface area (Å²) in [6.45, 7) is 0.0163. The number of fused-ring (bicyclic) bond motifs is 1. The van der Waals surface area contributed by atoms with Crippen molar-refractivity contribution in [3.63, 3.8) is 0 Å². The molecule has 0 radical (unpaired) electrons. The molecule has 1 aliphatic rings. The minimum absolute atomic E-state index is 0.00512. The summed E-state index contributed by atoms with van der Waals surface area (Å²) in [5.41, 5.74) is 3.21. The van der Waals surface area contributed by atoms with Crippen LogP contribution in [0.1, 0.15) is 27.9 Å². The average Bonchev–Trinajstić information content (AvgIpc) is 2.66. The number of nitrogens with zero attached hydrogens (tertiary/aromatic N) is 1. The van der Waals surface area contributed by atoms with Crippen molar-refractivity contribution in [3.05, 3.63) is 59.2 Å². The first-order chi connectivity index (χ1) is 12.9. The van der Waals surface area contributed by atoms with Crippen molar-refractivity contribution in [1.82, 2.24) is 4.90 Å². The number of hydrogen-bond acceptors (Lipinski definition) is 4. The number of amides is 2. The molecule has 0 atom stereocenters. The van der Waals surface area contributed by atoms with Gasteiger partial charge >= 0.3 is 5.97 Å². The second kappa shape index (κ2) is 7.90. The number of benzene rings is 2. The first kappa shape index (κ1) is 18.4. The molecule has 0 saturated carbocycles. The molecule has 0 fully saturated rings. The molecule has 0 spiro atoms. The van der Waals surface area contributed by atoms with Crippen LogP contribution in [0.25, 0.3) is 0 Å². The molecule has 27 heavy (non-hydrogen) atoms. The van der Waals surface area contributed by atoms with E-state index >= 15 is 0 Å². The summed E-state index contributed by atoms with van der Waals surface area (Å²) < 4.78 is 5.09. The number of ether oxygens (including phenoxy) is 1. The van der Waals surface area contributed by atoms with Gasteiger partial charge in [0, 0.05) is 31.3 Å². The fourth-order valence-corrected chi connectivity index (χ4v) is 2.92. The fraction of sp³-hybridized carbons (Fsp3) is 0.250. The topological polar surface area (TPSA) is 95.9 Å². The van der Waals surface area contributed by atoms with E-state index in [9.17, 15) is 14.4 Å². The summed E-state index contributed by atoms with van der Waals surface area (Å²) in [4.78, 5) is 36.2. The van der Waals surface area contributed by atoms with E-state index in [1.807, 2.05) is 6.07 Å². The second-order valence-electron chi connectivity index (χ2n) is 6.41. The molecule has 7 nitrogen and oxygen atoms in total. The molecule has 0 bridgehead atoms. The largest absolute Gasteiger partial charge is 0.482 e. The summed E-state index contributed by atoms with van der Waals surface area (Å²) in [6, 6.07) is 12.3. The van der Waals surface area contributed by atoms with Crippen LogP contribution in [0.3, 0.4) is 0 Å². The van der Waals surface area contributed by atoms with Gasteiger partial charge in [-0.3, -0.25) is 9.59 Å². The first-order valence-corrected chi connectivity index (χ1v) is 8.54. The number of aryl methyl sites for hydroxylation is 1. The lowest BCUT2D eigenvalue weighted by atomic mass is 10.00. The molecule has 7 heteroatoms. The van der Waals surface area contributed by atoms with Gasteiger partial charge in [0.25, 0.3) is 5.91 Å².